The summed E-state index contributed by atoms with van der Waals surface area (Å²) < 4.78 is 7.68. The number of para-hydroxylation sites is 3. The van der Waals surface area contributed by atoms with Crippen LogP contribution in [0.25, 0.3) is 55.0 Å². The van der Waals surface area contributed by atoms with Crippen LogP contribution in [0.1, 0.15) is 26.3 Å². The van der Waals surface area contributed by atoms with Crippen molar-refractivity contribution in [2.24, 2.45) is 0 Å². The Bertz CT molecular complexity index is 3290. The van der Waals surface area contributed by atoms with Crippen LogP contribution in [0.3, 0.4) is 0 Å². The van der Waals surface area contributed by atoms with Crippen LogP contribution in [-0.4, -0.2) is 25.0 Å². The van der Waals surface area contributed by atoms with Crippen molar-refractivity contribution in [2.75, 3.05) is 10.6 Å². The molecule has 8 nitrogen and oxygen atoms in total. The normalized spacial score (nSPS) is 12.8. The quantitative estimate of drug-likeness (QED) is 0.0470. The van der Waals surface area contributed by atoms with Gasteiger partial charge in [0, 0.05) is 44.3 Å². The SMILES string of the molecule is C=C(/C=C\C=C/C)C(=C)/C=C(\C=C/C)c1ccc2c(c1)c1ccccc1n2C(=C)/C(O)=C(O)\C(O)=C(/C)O.Nc1cccc(N(c2ccccc2)c2ccc3oc4ccccc4c3c2)c1. The zero-order valence-electron chi connectivity index (χ0n) is 36.6. The van der Waals surface area contributed by atoms with Crippen LogP contribution in [0.4, 0.5) is 22.7 Å². The molecule has 6 aromatic carbocycles. The molecule has 2 aromatic heterocycles. The van der Waals surface area contributed by atoms with Crippen molar-refractivity contribution in [1.82, 2.24) is 4.57 Å². The highest BCUT2D eigenvalue weighted by Gasteiger charge is 2.21. The van der Waals surface area contributed by atoms with Crippen molar-refractivity contribution in [3.05, 3.63) is 242 Å². The maximum absolute atomic E-state index is 10.7. The van der Waals surface area contributed by atoms with Crippen molar-refractivity contribution in [3.8, 4) is 0 Å². The Morgan fingerprint density at radius 1 is 0.569 bits per heavy atom. The molecule has 0 saturated carbocycles. The van der Waals surface area contributed by atoms with E-state index in [9.17, 15) is 20.4 Å². The fraction of sp³-hybridized carbons (Fsp3) is 0.0526. The molecule has 6 N–H and O–H groups in total. The van der Waals surface area contributed by atoms with Gasteiger partial charge in [-0.1, -0.05) is 123 Å². The topological polar surface area (TPSA) is 128 Å². The Morgan fingerprint density at radius 2 is 1.23 bits per heavy atom. The summed E-state index contributed by atoms with van der Waals surface area (Å²) >= 11 is 0. The number of nitrogens with zero attached hydrogens (tertiary/aromatic N) is 2. The van der Waals surface area contributed by atoms with Gasteiger partial charge in [-0.3, -0.25) is 0 Å². The number of rotatable bonds is 12. The number of fused-ring (bicyclic) bond motifs is 6. The number of furan rings is 1. The van der Waals surface area contributed by atoms with Gasteiger partial charge >= 0.3 is 0 Å². The Balaban J connectivity index is 0.000000204. The minimum absolute atomic E-state index is 0.0380. The number of hydrogen-bond acceptors (Lipinski definition) is 7. The van der Waals surface area contributed by atoms with E-state index in [1.807, 2.05) is 153 Å². The van der Waals surface area contributed by atoms with E-state index in [0.29, 0.717) is 0 Å². The van der Waals surface area contributed by atoms with Gasteiger partial charge in [0.25, 0.3) is 0 Å². The average Bonchev–Trinajstić information content (AvgIpc) is 3.86. The minimum Gasteiger partial charge on any atom is -0.509 e. The standard InChI is InChI=1S/C33H33NO4.C24H18N2O/c1-7-9-10-14-21(3)22(4)19-25(13-8-2)26-17-18-30-28(20-26)27-15-11-12-16-29(27)34(30)23(5)31(36)33(38)32(37)24(6)35;25-17-7-6-10-19(15-17)26(18-8-2-1-3-9-18)20-13-14-24-22(16-20)21-11-4-5-12-23(21)27-24/h7-20,35-38H,3-5H2,1-2,6H3;1-16H,25H2/b9-7-,13-8-,14-10-,25-19+,32-24-,33-31-;. The second-order valence-corrected chi connectivity index (χ2v) is 15.2. The molecule has 0 aliphatic rings. The van der Waals surface area contributed by atoms with Gasteiger partial charge in [-0.2, -0.15) is 0 Å². The Morgan fingerprint density at radius 3 is 1.95 bits per heavy atom. The molecule has 8 rings (SSSR count). The van der Waals surface area contributed by atoms with E-state index in [1.165, 1.54) is 6.92 Å². The van der Waals surface area contributed by atoms with Crippen LogP contribution < -0.4 is 10.6 Å². The van der Waals surface area contributed by atoms with Crippen LogP contribution in [0.15, 0.2) is 240 Å². The summed E-state index contributed by atoms with van der Waals surface area (Å²) in [6.45, 7) is 17.4. The third kappa shape index (κ3) is 9.43. The molecule has 0 spiro atoms. The Kier molecular flexibility index (Phi) is 13.4. The van der Waals surface area contributed by atoms with E-state index in [2.05, 4.69) is 67.1 Å². The molecule has 0 amide bonds. The molecular formula is C57H51N3O5. The fourth-order valence-corrected chi connectivity index (χ4v) is 7.59. The van der Waals surface area contributed by atoms with E-state index < -0.39 is 23.0 Å². The Hall–Kier alpha value is -8.62. The number of aromatic nitrogens is 1. The van der Waals surface area contributed by atoms with Gasteiger partial charge in [0.1, 0.15) is 16.9 Å². The maximum atomic E-state index is 10.7. The lowest BCUT2D eigenvalue weighted by Crippen LogP contribution is -2.10. The molecule has 8 heteroatoms. The van der Waals surface area contributed by atoms with Crippen molar-refractivity contribution in [2.45, 2.75) is 20.8 Å². The number of benzene rings is 6. The first-order valence-electron chi connectivity index (χ1n) is 21.0. The minimum atomic E-state index is -0.863. The summed E-state index contributed by atoms with van der Waals surface area (Å²) in [5.41, 5.74) is 16.8. The number of anilines is 4. The van der Waals surface area contributed by atoms with Crippen LogP contribution >= 0.6 is 0 Å². The van der Waals surface area contributed by atoms with Crippen LogP contribution in [0.2, 0.25) is 0 Å². The molecule has 0 aliphatic carbocycles. The van der Waals surface area contributed by atoms with E-state index in [-0.39, 0.29) is 5.70 Å². The molecule has 65 heavy (non-hydrogen) atoms. The second-order valence-electron chi connectivity index (χ2n) is 15.2. The number of nitrogen functional groups attached to an aromatic ring is 1. The van der Waals surface area contributed by atoms with E-state index >= 15 is 0 Å². The number of allylic oxidation sites excluding steroid dienone is 12. The van der Waals surface area contributed by atoms with E-state index in [1.54, 1.807) is 4.57 Å². The predicted octanol–water partition coefficient (Wildman–Crippen LogP) is 15.8. The Labute approximate surface area is 378 Å². The highest BCUT2D eigenvalue weighted by molar-refractivity contribution is 6.11. The molecule has 2 heterocycles. The largest absolute Gasteiger partial charge is 0.509 e. The first-order valence-corrected chi connectivity index (χ1v) is 21.0. The van der Waals surface area contributed by atoms with E-state index in [4.69, 9.17) is 10.2 Å². The summed E-state index contributed by atoms with van der Waals surface area (Å²) in [6, 6.07) is 46.2. The molecule has 324 valence electrons. The van der Waals surface area contributed by atoms with Crippen LogP contribution in [0.5, 0.6) is 0 Å². The zero-order valence-corrected chi connectivity index (χ0v) is 36.6. The first kappa shape index (κ1) is 44.4. The number of nitrogens with two attached hydrogens (primary N) is 1. The van der Waals surface area contributed by atoms with Crippen molar-refractivity contribution in [1.29, 1.82) is 0 Å². The lowest BCUT2D eigenvalue weighted by Gasteiger charge is -2.25. The first-order chi connectivity index (χ1) is 31.4. The summed E-state index contributed by atoms with van der Waals surface area (Å²) in [5, 5.41) is 44.5. The molecular weight excluding hydrogens is 807 g/mol. The summed E-state index contributed by atoms with van der Waals surface area (Å²) in [6.07, 6.45) is 13.7. The lowest BCUT2D eigenvalue weighted by atomic mass is 9.98. The molecule has 0 saturated heterocycles. The number of aliphatic hydroxyl groups is 4. The van der Waals surface area contributed by atoms with Gasteiger partial charge < -0.3 is 40.0 Å². The molecule has 8 aromatic rings. The van der Waals surface area contributed by atoms with Crippen molar-refractivity contribution >= 4 is 77.8 Å². The average molecular weight is 858 g/mol. The molecule has 0 radical (unpaired) electrons. The number of aliphatic hydroxyl groups excluding tert-OH is 4. The van der Waals surface area contributed by atoms with Gasteiger partial charge in [0.2, 0.25) is 5.76 Å². The third-order valence-electron chi connectivity index (χ3n) is 10.8. The highest BCUT2D eigenvalue weighted by atomic mass is 16.3. The maximum Gasteiger partial charge on any atom is 0.206 e. The van der Waals surface area contributed by atoms with E-state index in [0.717, 1.165) is 88.8 Å². The van der Waals surface area contributed by atoms with Gasteiger partial charge in [-0.25, -0.2) is 0 Å². The van der Waals surface area contributed by atoms with Crippen molar-refractivity contribution in [3.63, 3.8) is 0 Å². The molecule has 0 fully saturated rings. The summed E-state index contributed by atoms with van der Waals surface area (Å²) in [5.74, 6) is -2.87. The lowest BCUT2D eigenvalue weighted by molar-refractivity contribution is 0.264. The highest BCUT2D eigenvalue weighted by Crippen LogP contribution is 2.39. The van der Waals surface area contributed by atoms with Crippen molar-refractivity contribution < 1.29 is 24.8 Å². The monoisotopic (exact) mass is 857 g/mol. The molecule has 0 atom stereocenters. The molecule has 0 aliphatic heterocycles. The molecule has 0 unspecified atom stereocenters. The number of hydrogen-bond donors (Lipinski definition) is 5. The summed E-state index contributed by atoms with van der Waals surface area (Å²) in [7, 11) is 0. The smallest absolute Gasteiger partial charge is 0.206 e. The third-order valence-corrected chi connectivity index (χ3v) is 10.8. The summed E-state index contributed by atoms with van der Waals surface area (Å²) in [4.78, 5) is 2.21. The van der Waals surface area contributed by atoms with Gasteiger partial charge in [0.15, 0.2) is 11.5 Å². The van der Waals surface area contributed by atoms with Gasteiger partial charge in [-0.05, 0) is 122 Å². The van der Waals surface area contributed by atoms with Crippen LogP contribution in [-0.2, 0) is 0 Å². The van der Waals surface area contributed by atoms with Gasteiger partial charge in [0.05, 0.1) is 16.7 Å². The van der Waals surface area contributed by atoms with Gasteiger partial charge in [-0.15, -0.1) is 0 Å². The molecule has 0 bridgehead atoms. The zero-order chi connectivity index (χ0) is 46.2. The van der Waals surface area contributed by atoms with Crippen LogP contribution in [0, 0.1) is 0 Å². The second kappa shape index (κ2) is 19.6. The fourth-order valence-electron chi connectivity index (χ4n) is 7.59. The predicted molar refractivity (Wildman–Crippen MR) is 273 cm³/mol.